The van der Waals surface area contributed by atoms with Crippen molar-refractivity contribution in [3.8, 4) is 0 Å². The van der Waals surface area contributed by atoms with Gasteiger partial charge in [0.05, 0.1) is 12.4 Å². The number of nitrogens with one attached hydrogen (secondary N) is 1. The van der Waals surface area contributed by atoms with E-state index in [9.17, 15) is 0 Å². The molecule has 3 heterocycles. The summed E-state index contributed by atoms with van der Waals surface area (Å²) in [5.74, 6) is 0.950. The number of thioether (sulfide) groups is 1. The molecule has 0 aliphatic carbocycles. The third kappa shape index (κ3) is 1.90. The number of aromatic nitrogens is 4. The van der Waals surface area contributed by atoms with Gasteiger partial charge in [-0.05, 0) is 12.8 Å². The van der Waals surface area contributed by atoms with Crippen molar-refractivity contribution in [1.82, 2.24) is 19.9 Å². The van der Waals surface area contributed by atoms with Crippen LogP contribution in [0.25, 0.3) is 11.2 Å². The SMILES string of the molecule is c1nc(SC[C@@H]2CCCO2)c2[nH]cnc2n1. The van der Waals surface area contributed by atoms with Crippen molar-refractivity contribution < 1.29 is 4.74 Å². The van der Waals surface area contributed by atoms with Crippen LogP contribution in [0, 0.1) is 0 Å². The van der Waals surface area contributed by atoms with Crippen LogP contribution in [0.2, 0.25) is 0 Å². The monoisotopic (exact) mass is 236 g/mol. The molecule has 1 saturated heterocycles. The van der Waals surface area contributed by atoms with E-state index in [1.54, 1.807) is 24.4 Å². The minimum Gasteiger partial charge on any atom is -0.377 e. The summed E-state index contributed by atoms with van der Waals surface area (Å²) in [6.45, 7) is 0.897. The number of H-pyrrole nitrogens is 1. The molecule has 2 aromatic heterocycles. The molecule has 16 heavy (non-hydrogen) atoms. The summed E-state index contributed by atoms with van der Waals surface area (Å²) in [5.41, 5.74) is 1.65. The Balaban J connectivity index is 1.75. The van der Waals surface area contributed by atoms with Gasteiger partial charge in [-0.2, -0.15) is 0 Å². The molecular weight excluding hydrogens is 224 g/mol. The highest BCUT2D eigenvalue weighted by Crippen LogP contribution is 2.25. The van der Waals surface area contributed by atoms with Crippen LogP contribution in [0.5, 0.6) is 0 Å². The normalized spacial score (nSPS) is 20.6. The minimum atomic E-state index is 0.373. The number of nitrogens with zero attached hydrogens (tertiary/aromatic N) is 3. The zero-order valence-corrected chi connectivity index (χ0v) is 9.54. The van der Waals surface area contributed by atoms with E-state index in [0.717, 1.165) is 35.0 Å². The Morgan fingerprint density at radius 3 is 3.31 bits per heavy atom. The lowest BCUT2D eigenvalue weighted by Gasteiger charge is -2.07. The van der Waals surface area contributed by atoms with Crippen LogP contribution in [-0.4, -0.2) is 38.4 Å². The highest BCUT2D eigenvalue weighted by atomic mass is 32.2. The van der Waals surface area contributed by atoms with Crippen LogP contribution in [0.1, 0.15) is 12.8 Å². The van der Waals surface area contributed by atoms with Crippen LogP contribution < -0.4 is 0 Å². The Hall–Kier alpha value is -1.14. The molecule has 3 rings (SSSR count). The molecule has 0 aromatic carbocycles. The summed E-state index contributed by atoms with van der Waals surface area (Å²) >= 11 is 1.70. The Morgan fingerprint density at radius 2 is 2.44 bits per heavy atom. The maximum absolute atomic E-state index is 5.58. The second-order valence-electron chi connectivity index (χ2n) is 3.73. The van der Waals surface area contributed by atoms with Gasteiger partial charge in [0.15, 0.2) is 5.65 Å². The van der Waals surface area contributed by atoms with Gasteiger partial charge in [-0.1, -0.05) is 0 Å². The predicted molar refractivity (Wildman–Crippen MR) is 61.4 cm³/mol. The van der Waals surface area contributed by atoms with Gasteiger partial charge < -0.3 is 9.72 Å². The van der Waals surface area contributed by atoms with E-state index in [1.165, 1.54) is 6.42 Å². The van der Waals surface area contributed by atoms with Gasteiger partial charge in [0.2, 0.25) is 0 Å². The molecule has 0 unspecified atom stereocenters. The van der Waals surface area contributed by atoms with Crippen molar-refractivity contribution >= 4 is 22.9 Å². The minimum absolute atomic E-state index is 0.373. The maximum Gasteiger partial charge on any atom is 0.181 e. The molecule has 0 bridgehead atoms. The highest BCUT2D eigenvalue weighted by molar-refractivity contribution is 7.99. The van der Waals surface area contributed by atoms with Gasteiger partial charge in [0.25, 0.3) is 0 Å². The number of aromatic amines is 1. The molecule has 1 fully saturated rings. The fourth-order valence-electron chi connectivity index (χ4n) is 1.80. The first kappa shape index (κ1) is 10.0. The second-order valence-corrected chi connectivity index (χ2v) is 4.73. The van der Waals surface area contributed by atoms with Crippen molar-refractivity contribution in [1.29, 1.82) is 0 Å². The van der Waals surface area contributed by atoms with Gasteiger partial charge in [-0.3, -0.25) is 0 Å². The molecule has 0 spiro atoms. The molecule has 1 aliphatic heterocycles. The van der Waals surface area contributed by atoms with Gasteiger partial charge in [-0.15, -0.1) is 11.8 Å². The van der Waals surface area contributed by atoms with E-state index in [0.29, 0.717) is 6.10 Å². The first-order chi connectivity index (χ1) is 7.93. The summed E-state index contributed by atoms with van der Waals surface area (Å²) in [7, 11) is 0. The quantitative estimate of drug-likeness (QED) is 0.648. The molecule has 0 amide bonds. The summed E-state index contributed by atoms with van der Waals surface area (Å²) in [6, 6.07) is 0. The van der Waals surface area contributed by atoms with E-state index < -0.39 is 0 Å². The fraction of sp³-hybridized carbons (Fsp3) is 0.500. The standard InChI is InChI=1S/C10H12N4OS/c1-2-7(15-3-1)4-16-10-8-9(12-5-11-8)13-6-14-10/h5-7H,1-4H2,(H,11,12,13,14)/t7-/m0/s1. The fourth-order valence-corrected chi connectivity index (χ4v) is 2.82. The van der Waals surface area contributed by atoms with Gasteiger partial charge >= 0.3 is 0 Å². The summed E-state index contributed by atoms with van der Waals surface area (Å²) in [4.78, 5) is 15.5. The highest BCUT2D eigenvalue weighted by Gasteiger charge is 2.16. The molecule has 0 saturated carbocycles. The largest absolute Gasteiger partial charge is 0.377 e. The summed E-state index contributed by atoms with van der Waals surface area (Å²) in [6.07, 6.45) is 5.91. The van der Waals surface area contributed by atoms with Crippen molar-refractivity contribution in [2.24, 2.45) is 0 Å². The van der Waals surface area contributed by atoms with E-state index in [2.05, 4.69) is 19.9 Å². The van der Waals surface area contributed by atoms with Crippen molar-refractivity contribution in [3.05, 3.63) is 12.7 Å². The third-order valence-corrected chi connectivity index (χ3v) is 3.74. The van der Waals surface area contributed by atoms with Crippen LogP contribution in [0.15, 0.2) is 17.7 Å². The van der Waals surface area contributed by atoms with Gasteiger partial charge in [0.1, 0.15) is 16.9 Å². The first-order valence-electron chi connectivity index (χ1n) is 5.32. The molecular formula is C10H12N4OS. The molecule has 6 heteroatoms. The molecule has 1 atom stereocenters. The third-order valence-electron chi connectivity index (χ3n) is 2.62. The molecule has 1 aliphatic rings. The lowest BCUT2D eigenvalue weighted by atomic mass is 10.3. The summed E-state index contributed by atoms with van der Waals surface area (Å²) < 4.78 is 5.58. The van der Waals surface area contributed by atoms with E-state index in [-0.39, 0.29) is 0 Å². The number of hydrogen-bond donors (Lipinski definition) is 1. The summed E-state index contributed by atoms with van der Waals surface area (Å²) in [5, 5.41) is 0.956. The first-order valence-corrected chi connectivity index (χ1v) is 6.30. The lowest BCUT2D eigenvalue weighted by Crippen LogP contribution is -2.08. The molecule has 0 radical (unpaired) electrons. The van der Waals surface area contributed by atoms with Crippen LogP contribution >= 0.6 is 11.8 Å². The van der Waals surface area contributed by atoms with Crippen molar-refractivity contribution in [2.75, 3.05) is 12.4 Å². The Labute approximate surface area is 97.0 Å². The molecule has 2 aromatic rings. The van der Waals surface area contributed by atoms with Crippen LogP contribution in [-0.2, 0) is 4.74 Å². The number of rotatable bonds is 3. The van der Waals surface area contributed by atoms with E-state index in [1.807, 2.05) is 0 Å². The average Bonchev–Trinajstić information content (AvgIpc) is 2.97. The van der Waals surface area contributed by atoms with Crippen LogP contribution in [0.4, 0.5) is 0 Å². The predicted octanol–water partition coefficient (Wildman–Crippen LogP) is 1.62. The van der Waals surface area contributed by atoms with Crippen molar-refractivity contribution in [3.63, 3.8) is 0 Å². The van der Waals surface area contributed by atoms with Gasteiger partial charge in [-0.25, -0.2) is 15.0 Å². The van der Waals surface area contributed by atoms with E-state index in [4.69, 9.17) is 4.74 Å². The Bertz CT molecular complexity index is 480. The lowest BCUT2D eigenvalue weighted by molar-refractivity contribution is 0.129. The molecule has 1 N–H and O–H groups in total. The topological polar surface area (TPSA) is 63.7 Å². The second kappa shape index (κ2) is 4.39. The zero-order valence-electron chi connectivity index (χ0n) is 8.72. The number of hydrogen-bond acceptors (Lipinski definition) is 5. The van der Waals surface area contributed by atoms with E-state index >= 15 is 0 Å². The maximum atomic E-state index is 5.58. The molecule has 5 nitrogen and oxygen atoms in total. The number of imidazole rings is 1. The van der Waals surface area contributed by atoms with Crippen LogP contribution in [0.3, 0.4) is 0 Å². The average molecular weight is 236 g/mol. The Kier molecular flexibility index (Phi) is 2.75. The van der Waals surface area contributed by atoms with Gasteiger partial charge in [0, 0.05) is 12.4 Å². The number of ether oxygens (including phenoxy) is 1. The smallest absolute Gasteiger partial charge is 0.181 e. The van der Waals surface area contributed by atoms with Crippen molar-refractivity contribution in [2.45, 2.75) is 24.0 Å². The zero-order chi connectivity index (χ0) is 10.8. The Morgan fingerprint density at radius 1 is 1.44 bits per heavy atom. The number of fused-ring (bicyclic) bond motifs is 1. The molecule has 84 valence electrons.